The van der Waals surface area contributed by atoms with Crippen molar-refractivity contribution in [2.75, 3.05) is 32.1 Å². The minimum absolute atomic E-state index is 0.102. The van der Waals surface area contributed by atoms with E-state index in [9.17, 15) is 9.90 Å². The molecule has 3 aromatic rings. The van der Waals surface area contributed by atoms with E-state index in [4.69, 9.17) is 4.74 Å². The highest BCUT2D eigenvalue weighted by Gasteiger charge is 2.43. The molecule has 3 heterocycles. The molecule has 2 fully saturated rings. The van der Waals surface area contributed by atoms with Crippen molar-refractivity contribution in [3.63, 3.8) is 0 Å². The summed E-state index contributed by atoms with van der Waals surface area (Å²) in [7, 11) is 3.45. The summed E-state index contributed by atoms with van der Waals surface area (Å²) in [5, 5.41) is 14.0. The van der Waals surface area contributed by atoms with Gasteiger partial charge in [-0.2, -0.15) is 0 Å². The molecule has 0 spiro atoms. The number of ether oxygens (including phenoxy) is 1. The van der Waals surface area contributed by atoms with Crippen molar-refractivity contribution in [2.45, 2.75) is 25.0 Å². The molecule has 1 saturated carbocycles. The molecule has 1 saturated heterocycles. The molecule has 0 unspecified atom stereocenters. The third-order valence-corrected chi connectivity index (χ3v) is 7.25. The van der Waals surface area contributed by atoms with Gasteiger partial charge in [0.25, 0.3) is 5.91 Å². The molecular weight excluding hydrogens is 412 g/mol. The maximum absolute atomic E-state index is 12.5. The highest BCUT2D eigenvalue weighted by atomic mass is 32.1. The summed E-state index contributed by atoms with van der Waals surface area (Å²) in [5.41, 5.74) is 0.524. The standard InChI is InChI=1S/C23H26N4O3S/c1-26(2)23(29)16-5-3-4-6-19(16)30-20-10-15-12-27(11-14(15)9-18(20)28)21-17-7-8-31-22(17)25-13-24-21/h3-8,13-15,18,20,28H,9-12H2,1-2H3/t14-,15+,18+,20+/m0/s1. The van der Waals surface area contributed by atoms with Crippen molar-refractivity contribution >= 4 is 33.3 Å². The van der Waals surface area contributed by atoms with Gasteiger partial charge in [-0.05, 0) is 48.3 Å². The van der Waals surface area contributed by atoms with Crippen LogP contribution in [-0.2, 0) is 0 Å². The van der Waals surface area contributed by atoms with Crippen LogP contribution < -0.4 is 9.64 Å². The van der Waals surface area contributed by atoms with Crippen LogP contribution in [-0.4, -0.2) is 65.3 Å². The van der Waals surface area contributed by atoms with Crippen LogP contribution in [0.4, 0.5) is 5.82 Å². The van der Waals surface area contributed by atoms with Gasteiger partial charge in [0.2, 0.25) is 0 Å². The molecule has 1 aliphatic carbocycles. The van der Waals surface area contributed by atoms with E-state index in [2.05, 4.69) is 20.9 Å². The number of benzene rings is 1. The first-order chi connectivity index (χ1) is 15.0. The molecule has 1 amide bonds. The number of nitrogens with zero attached hydrogens (tertiary/aromatic N) is 4. The zero-order chi connectivity index (χ0) is 21.5. The van der Waals surface area contributed by atoms with Gasteiger partial charge < -0.3 is 19.6 Å². The number of fused-ring (bicyclic) bond motifs is 2. The third kappa shape index (κ3) is 3.74. The van der Waals surface area contributed by atoms with Gasteiger partial charge in [0.15, 0.2) is 0 Å². The number of rotatable bonds is 4. The lowest BCUT2D eigenvalue weighted by Gasteiger charge is -2.35. The lowest BCUT2D eigenvalue weighted by atomic mass is 9.78. The first-order valence-corrected chi connectivity index (χ1v) is 11.5. The predicted octanol–water partition coefficient (Wildman–Crippen LogP) is 3.05. The van der Waals surface area contributed by atoms with Crippen LogP contribution in [0.2, 0.25) is 0 Å². The van der Waals surface area contributed by atoms with Gasteiger partial charge in [-0.1, -0.05) is 12.1 Å². The molecule has 31 heavy (non-hydrogen) atoms. The van der Waals surface area contributed by atoms with Crippen LogP contribution in [0.3, 0.4) is 0 Å². The summed E-state index contributed by atoms with van der Waals surface area (Å²) < 4.78 is 6.24. The van der Waals surface area contributed by atoms with E-state index in [0.717, 1.165) is 35.5 Å². The number of anilines is 1. The Morgan fingerprint density at radius 1 is 1.16 bits per heavy atom. The average molecular weight is 439 g/mol. The van der Waals surface area contributed by atoms with Crippen LogP contribution in [0, 0.1) is 11.8 Å². The van der Waals surface area contributed by atoms with E-state index >= 15 is 0 Å². The van der Waals surface area contributed by atoms with Crippen molar-refractivity contribution in [2.24, 2.45) is 11.8 Å². The van der Waals surface area contributed by atoms with Gasteiger partial charge in [0, 0.05) is 27.2 Å². The maximum Gasteiger partial charge on any atom is 0.257 e. The Morgan fingerprint density at radius 3 is 2.74 bits per heavy atom. The number of carbonyl (C=O) groups is 1. The number of aliphatic hydroxyl groups is 1. The molecule has 1 aromatic carbocycles. The zero-order valence-electron chi connectivity index (χ0n) is 17.6. The predicted molar refractivity (Wildman–Crippen MR) is 121 cm³/mol. The molecule has 8 heteroatoms. The first-order valence-electron chi connectivity index (χ1n) is 10.6. The van der Waals surface area contributed by atoms with Crippen molar-refractivity contribution in [1.29, 1.82) is 0 Å². The molecule has 4 atom stereocenters. The fraction of sp³-hybridized carbons (Fsp3) is 0.435. The van der Waals surface area contributed by atoms with Crippen LogP contribution in [0.1, 0.15) is 23.2 Å². The lowest BCUT2D eigenvalue weighted by molar-refractivity contribution is -0.0235. The number of aromatic nitrogens is 2. The van der Waals surface area contributed by atoms with Crippen LogP contribution >= 0.6 is 11.3 Å². The van der Waals surface area contributed by atoms with Crippen molar-refractivity contribution in [3.05, 3.63) is 47.6 Å². The number of aliphatic hydroxyl groups excluding tert-OH is 1. The largest absolute Gasteiger partial charge is 0.487 e. The fourth-order valence-corrected chi connectivity index (χ4v) is 5.60. The number of carbonyl (C=O) groups excluding carboxylic acids is 1. The number of para-hydroxylation sites is 1. The minimum atomic E-state index is -0.560. The molecule has 2 aromatic heterocycles. The van der Waals surface area contributed by atoms with Gasteiger partial charge >= 0.3 is 0 Å². The summed E-state index contributed by atoms with van der Waals surface area (Å²) in [5.74, 6) is 2.23. The number of hydrogen-bond donors (Lipinski definition) is 1. The van der Waals surface area contributed by atoms with Crippen LogP contribution in [0.25, 0.3) is 10.2 Å². The Kier molecular flexibility index (Phi) is 5.27. The van der Waals surface area contributed by atoms with Crippen molar-refractivity contribution < 1.29 is 14.6 Å². The van der Waals surface area contributed by atoms with Crippen molar-refractivity contribution in [3.8, 4) is 5.75 Å². The lowest BCUT2D eigenvalue weighted by Crippen LogP contribution is -2.42. The molecule has 2 aliphatic rings. The summed E-state index contributed by atoms with van der Waals surface area (Å²) in [6.45, 7) is 1.77. The Labute approximate surface area is 185 Å². The molecule has 0 radical (unpaired) electrons. The Hall–Kier alpha value is -2.71. The van der Waals surface area contributed by atoms with Gasteiger partial charge in [-0.15, -0.1) is 11.3 Å². The van der Waals surface area contributed by atoms with Gasteiger partial charge in [0.05, 0.1) is 17.1 Å². The van der Waals surface area contributed by atoms with Crippen molar-refractivity contribution in [1.82, 2.24) is 14.9 Å². The summed E-state index contributed by atoms with van der Waals surface area (Å²) in [4.78, 5) is 26.3. The van der Waals surface area contributed by atoms with E-state index in [1.54, 1.807) is 37.8 Å². The van der Waals surface area contributed by atoms with E-state index in [0.29, 0.717) is 29.6 Å². The SMILES string of the molecule is CN(C)C(=O)c1ccccc1O[C@@H]1C[C@@H]2CN(c3ncnc4sccc34)C[C@@H]2C[C@H]1O. The Morgan fingerprint density at radius 2 is 1.94 bits per heavy atom. The molecule has 162 valence electrons. The van der Waals surface area contributed by atoms with E-state index in [1.807, 2.05) is 23.6 Å². The summed E-state index contributed by atoms with van der Waals surface area (Å²) in [6, 6.07) is 9.35. The highest BCUT2D eigenvalue weighted by Crippen LogP contribution is 2.41. The molecule has 5 rings (SSSR count). The highest BCUT2D eigenvalue weighted by molar-refractivity contribution is 7.16. The molecule has 1 aliphatic heterocycles. The van der Waals surface area contributed by atoms with Crippen LogP contribution in [0.5, 0.6) is 5.75 Å². The minimum Gasteiger partial charge on any atom is -0.487 e. The first kappa shape index (κ1) is 20.2. The topological polar surface area (TPSA) is 78.8 Å². The van der Waals surface area contributed by atoms with Gasteiger partial charge in [-0.25, -0.2) is 9.97 Å². The molecular formula is C23H26N4O3S. The zero-order valence-corrected chi connectivity index (χ0v) is 18.5. The van der Waals surface area contributed by atoms with Crippen LogP contribution in [0.15, 0.2) is 42.0 Å². The van der Waals surface area contributed by atoms with E-state index < -0.39 is 6.10 Å². The monoisotopic (exact) mass is 438 g/mol. The second-order valence-corrected chi connectivity index (χ2v) is 9.55. The molecule has 7 nitrogen and oxygen atoms in total. The Bertz CT molecular complexity index is 1100. The molecule has 1 N–H and O–H groups in total. The van der Waals surface area contributed by atoms with E-state index in [-0.39, 0.29) is 12.0 Å². The second-order valence-electron chi connectivity index (χ2n) is 8.65. The summed E-state index contributed by atoms with van der Waals surface area (Å²) >= 11 is 1.62. The quantitative estimate of drug-likeness (QED) is 0.675. The molecule has 0 bridgehead atoms. The Balaban J connectivity index is 1.33. The summed E-state index contributed by atoms with van der Waals surface area (Å²) in [6.07, 6.45) is 2.19. The fourth-order valence-electron chi connectivity index (χ4n) is 4.87. The average Bonchev–Trinajstić information content (AvgIpc) is 3.40. The maximum atomic E-state index is 12.5. The van der Waals surface area contributed by atoms with Gasteiger partial charge in [0.1, 0.15) is 28.8 Å². The number of amides is 1. The van der Waals surface area contributed by atoms with Gasteiger partial charge in [-0.3, -0.25) is 4.79 Å². The third-order valence-electron chi connectivity index (χ3n) is 6.43. The number of hydrogen-bond acceptors (Lipinski definition) is 7. The number of thiophene rings is 1. The second kappa shape index (κ2) is 8.09. The smallest absolute Gasteiger partial charge is 0.257 e. The van der Waals surface area contributed by atoms with E-state index in [1.165, 1.54) is 4.90 Å². The normalized spacial score (nSPS) is 25.5.